The third kappa shape index (κ3) is 8.27. The van der Waals surface area contributed by atoms with E-state index in [4.69, 9.17) is 22.1 Å². The summed E-state index contributed by atoms with van der Waals surface area (Å²) in [6.45, 7) is 12.5. The quantitative estimate of drug-likeness (QED) is 0.160. The van der Waals surface area contributed by atoms with Gasteiger partial charge in [-0.25, -0.2) is 4.39 Å². The molecule has 3 N–H and O–H groups in total. The van der Waals surface area contributed by atoms with Gasteiger partial charge in [0.2, 0.25) is 0 Å². The molecule has 0 aliphatic rings. The zero-order chi connectivity index (χ0) is 33.5. The molecule has 5 rings (SSSR count). The van der Waals surface area contributed by atoms with Crippen LogP contribution in [0.2, 0.25) is 5.02 Å². The third-order valence-electron chi connectivity index (χ3n) is 7.25. The lowest BCUT2D eigenvalue weighted by atomic mass is 10.0. The number of hydrogen-bond acceptors (Lipinski definition) is 6. The number of carbonyl (C=O) groups is 1. The molecule has 0 aliphatic heterocycles. The average molecular weight is 646 g/mol. The molecule has 5 aromatic rings. The number of carbonyl (C=O) groups excluding carboxylic acids is 1. The van der Waals surface area contributed by atoms with Crippen molar-refractivity contribution in [2.45, 2.75) is 66.1 Å². The Morgan fingerprint density at radius 1 is 0.935 bits per heavy atom. The van der Waals surface area contributed by atoms with Gasteiger partial charge in [0.25, 0.3) is 11.5 Å². The number of nitrogens with two attached hydrogens (primary N) is 1. The number of ether oxygens (including phenoxy) is 1. The van der Waals surface area contributed by atoms with E-state index in [1.165, 1.54) is 18.5 Å². The molecule has 2 aromatic carbocycles. The predicted molar refractivity (Wildman–Crippen MR) is 184 cm³/mol. The highest BCUT2D eigenvalue weighted by Gasteiger charge is 2.17. The van der Waals surface area contributed by atoms with Crippen molar-refractivity contribution in [2.24, 2.45) is 11.7 Å². The van der Waals surface area contributed by atoms with E-state index in [1.807, 2.05) is 52.0 Å². The van der Waals surface area contributed by atoms with Crippen molar-refractivity contribution in [3.63, 3.8) is 0 Å². The van der Waals surface area contributed by atoms with E-state index < -0.39 is 5.82 Å². The Hall–Kier alpha value is -4.34. The Labute approximate surface area is 273 Å². The standard InChI is InChI=1S/C21H27N3O2.C15H14ClFN2O/c1-13(2)9-15(22)12-26-16-5-6-18-17-7-8-23-11-19(17)21(25)24(14(3)4)20(18)10-16;1-9(2)19-15(20)13-8-18-6-5-11(13)12-4-3-10(16)7-14(12)17/h5-8,10-11,13-15H,9,12,22H2,1-4H3;3-9H,1-2H3,(H,19,20)/t15-;/m0./s1. The number of rotatable bonds is 9. The van der Waals surface area contributed by atoms with Crippen LogP contribution in [0, 0.1) is 11.7 Å². The molecule has 8 nitrogen and oxygen atoms in total. The van der Waals surface area contributed by atoms with Crippen LogP contribution in [-0.2, 0) is 0 Å². The first kappa shape index (κ1) is 34.5. The maximum absolute atomic E-state index is 14.0. The van der Waals surface area contributed by atoms with E-state index in [0.717, 1.165) is 28.5 Å². The maximum Gasteiger partial charge on any atom is 0.260 e. The molecular formula is C36H41ClFN5O3. The second-order valence-corrected chi connectivity index (χ2v) is 12.7. The van der Waals surface area contributed by atoms with E-state index in [9.17, 15) is 14.0 Å². The van der Waals surface area contributed by atoms with Crippen molar-refractivity contribution in [1.29, 1.82) is 0 Å². The minimum Gasteiger partial charge on any atom is -0.492 e. The first-order valence-corrected chi connectivity index (χ1v) is 15.8. The molecule has 0 saturated carbocycles. The van der Waals surface area contributed by atoms with Crippen molar-refractivity contribution >= 4 is 39.2 Å². The number of nitrogens with one attached hydrogen (secondary N) is 1. The maximum atomic E-state index is 14.0. The zero-order valence-electron chi connectivity index (χ0n) is 27.1. The van der Waals surface area contributed by atoms with Crippen LogP contribution in [0.15, 0.2) is 78.1 Å². The van der Waals surface area contributed by atoms with Gasteiger partial charge in [-0.2, -0.15) is 0 Å². The van der Waals surface area contributed by atoms with E-state index in [0.29, 0.717) is 39.6 Å². The molecule has 46 heavy (non-hydrogen) atoms. The summed E-state index contributed by atoms with van der Waals surface area (Å²) >= 11 is 5.74. The van der Waals surface area contributed by atoms with Crippen molar-refractivity contribution in [1.82, 2.24) is 19.9 Å². The van der Waals surface area contributed by atoms with Gasteiger partial charge in [-0.05, 0) is 87.9 Å². The summed E-state index contributed by atoms with van der Waals surface area (Å²) in [6, 6.07) is 13.8. The van der Waals surface area contributed by atoms with E-state index in [-0.39, 0.29) is 29.6 Å². The van der Waals surface area contributed by atoms with Gasteiger partial charge in [0.1, 0.15) is 18.2 Å². The highest BCUT2D eigenvalue weighted by molar-refractivity contribution is 6.30. The fourth-order valence-electron chi connectivity index (χ4n) is 5.31. The molecule has 0 fully saturated rings. The van der Waals surface area contributed by atoms with Crippen LogP contribution in [-0.4, -0.2) is 39.1 Å². The van der Waals surface area contributed by atoms with Crippen molar-refractivity contribution < 1.29 is 13.9 Å². The van der Waals surface area contributed by atoms with Gasteiger partial charge in [0, 0.05) is 70.5 Å². The smallest absolute Gasteiger partial charge is 0.260 e. The summed E-state index contributed by atoms with van der Waals surface area (Å²) in [6.07, 6.45) is 7.24. The molecule has 0 saturated heterocycles. The van der Waals surface area contributed by atoms with Crippen molar-refractivity contribution in [3.8, 4) is 16.9 Å². The van der Waals surface area contributed by atoms with Gasteiger partial charge in [0.15, 0.2) is 0 Å². The van der Waals surface area contributed by atoms with Crippen LogP contribution in [0.4, 0.5) is 4.39 Å². The summed E-state index contributed by atoms with van der Waals surface area (Å²) in [5.74, 6) is 0.523. The second-order valence-electron chi connectivity index (χ2n) is 12.2. The van der Waals surface area contributed by atoms with E-state index >= 15 is 0 Å². The Balaban J connectivity index is 0.000000216. The van der Waals surface area contributed by atoms with Gasteiger partial charge < -0.3 is 20.4 Å². The predicted octanol–water partition coefficient (Wildman–Crippen LogP) is 7.56. The molecule has 3 aromatic heterocycles. The molecule has 0 bridgehead atoms. The van der Waals surface area contributed by atoms with E-state index in [1.54, 1.807) is 35.2 Å². The fourth-order valence-corrected chi connectivity index (χ4v) is 5.47. The number of fused-ring (bicyclic) bond motifs is 3. The minimum absolute atomic E-state index is 0.000617. The topological polar surface area (TPSA) is 112 Å². The SMILES string of the molecule is CC(C)C[C@H](N)COc1ccc2c3ccncc3c(=O)n(C(C)C)c2c1.CC(C)NC(=O)c1cnccc1-c1ccc(Cl)cc1F. The molecular weight excluding hydrogens is 605 g/mol. The van der Waals surface area contributed by atoms with Crippen LogP contribution in [0.25, 0.3) is 32.8 Å². The fraction of sp³-hybridized carbons (Fsp3) is 0.333. The Morgan fingerprint density at radius 3 is 2.33 bits per heavy atom. The summed E-state index contributed by atoms with van der Waals surface area (Å²) in [5.41, 5.74) is 8.13. The lowest BCUT2D eigenvalue weighted by Crippen LogP contribution is -2.30. The molecule has 10 heteroatoms. The molecule has 0 spiro atoms. The molecule has 3 heterocycles. The number of halogens is 2. The van der Waals surface area contributed by atoms with Crippen LogP contribution < -0.4 is 21.3 Å². The number of nitrogens with zero attached hydrogens (tertiary/aromatic N) is 3. The van der Waals surface area contributed by atoms with Crippen LogP contribution in [0.1, 0.15) is 64.4 Å². The molecule has 242 valence electrons. The minimum atomic E-state index is -0.470. The second kappa shape index (κ2) is 15.3. The highest BCUT2D eigenvalue weighted by atomic mass is 35.5. The van der Waals surface area contributed by atoms with Crippen LogP contribution >= 0.6 is 11.6 Å². The van der Waals surface area contributed by atoms with Gasteiger partial charge in [-0.15, -0.1) is 0 Å². The molecule has 1 amide bonds. The molecule has 0 unspecified atom stereocenters. The average Bonchev–Trinajstić information content (AvgIpc) is 3.00. The number of pyridine rings is 3. The first-order chi connectivity index (χ1) is 21.9. The Bertz CT molecular complexity index is 1890. The Morgan fingerprint density at radius 2 is 1.65 bits per heavy atom. The lowest BCUT2D eigenvalue weighted by Gasteiger charge is -2.18. The van der Waals surface area contributed by atoms with Gasteiger partial charge >= 0.3 is 0 Å². The Kier molecular flexibility index (Phi) is 11.5. The lowest BCUT2D eigenvalue weighted by molar-refractivity contribution is 0.0943. The highest BCUT2D eigenvalue weighted by Crippen LogP contribution is 2.29. The molecule has 0 radical (unpaired) electrons. The summed E-state index contributed by atoms with van der Waals surface area (Å²) < 4.78 is 21.7. The third-order valence-corrected chi connectivity index (χ3v) is 7.49. The van der Waals surface area contributed by atoms with E-state index in [2.05, 4.69) is 29.1 Å². The molecule has 0 aliphatic carbocycles. The number of amides is 1. The van der Waals surface area contributed by atoms with Gasteiger partial charge in [-0.3, -0.25) is 19.6 Å². The van der Waals surface area contributed by atoms with Gasteiger partial charge in [0.05, 0.1) is 16.5 Å². The zero-order valence-corrected chi connectivity index (χ0v) is 27.8. The first-order valence-electron chi connectivity index (χ1n) is 15.4. The normalized spacial score (nSPS) is 12.0. The van der Waals surface area contributed by atoms with Crippen LogP contribution in [0.3, 0.4) is 0 Å². The van der Waals surface area contributed by atoms with Crippen LogP contribution in [0.5, 0.6) is 5.75 Å². The number of benzene rings is 2. The van der Waals surface area contributed by atoms with Gasteiger partial charge in [-0.1, -0.05) is 25.4 Å². The summed E-state index contributed by atoms with van der Waals surface area (Å²) in [7, 11) is 0. The van der Waals surface area contributed by atoms with Crippen molar-refractivity contribution in [3.05, 3.63) is 100 Å². The summed E-state index contributed by atoms with van der Waals surface area (Å²) in [5, 5.41) is 5.67. The molecule has 1 atom stereocenters. The largest absolute Gasteiger partial charge is 0.492 e. The monoisotopic (exact) mass is 645 g/mol. The summed E-state index contributed by atoms with van der Waals surface area (Å²) in [4.78, 5) is 33.1. The number of hydrogen-bond donors (Lipinski definition) is 2. The van der Waals surface area contributed by atoms with Crippen molar-refractivity contribution in [2.75, 3.05) is 6.61 Å². The number of aromatic nitrogens is 3.